The standard InChI is InChI=1S/C11H12F2OS/c12-9-3-1-4-10(7-9)15(14)8-11(13)5-2-6-11/h1,3-4,7H,2,5-6,8H2. The highest BCUT2D eigenvalue weighted by atomic mass is 32.2. The topological polar surface area (TPSA) is 23.1 Å². The van der Waals surface area contributed by atoms with Crippen LogP contribution >= 0.6 is 0 Å². The third kappa shape index (κ3) is 2.49. The van der Waals surface area contributed by atoms with Crippen molar-refractivity contribution in [2.45, 2.75) is 29.8 Å². The van der Waals surface area contributed by atoms with Crippen LogP contribution in [0.1, 0.15) is 19.3 Å². The third-order valence-corrected chi connectivity index (χ3v) is 4.26. The van der Waals surface area contributed by atoms with Crippen molar-refractivity contribution in [1.82, 2.24) is 0 Å². The minimum atomic E-state index is -1.43. The number of hydrogen-bond donors (Lipinski definition) is 0. The van der Waals surface area contributed by atoms with Crippen molar-refractivity contribution in [3.05, 3.63) is 30.1 Å². The number of alkyl halides is 1. The first-order valence-corrected chi connectivity index (χ1v) is 6.24. The Kier molecular flexibility index (Phi) is 2.98. The van der Waals surface area contributed by atoms with Gasteiger partial charge >= 0.3 is 0 Å². The van der Waals surface area contributed by atoms with Gasteiger partial charge in [-0.2, -0.15) is 0 Å². The molecule has 1 unspecified atom stereocenters. The SMILES string of the molecule is [O-][S+](CC1(F)CCC1)c1cccc(F)c1. The molecule has 1 fully saturated rings. The molecule has 0 N–H and O–H groups in total. The Morgan fingerprint density at radius 1 is 1.40 bits per heavy atom. The lowest BCUT2D eigenvalue weighted by Gasteiger charge is -2.33. The molecule has 0 aromatic heterocycles. The Morgan fingerprint density at radius 3 is 2.67 bits per heavy atom. The molecule has 0 spiro atoms. The largest absolute Gasteiger partial charge is 0.611 e. The number of benzene rings is 1. The Balaban J connectivity index is 2.04. The zero-order chi connectivity index (χ0) is 10.9. The van der Waals surface area contributed by atoms with Crippen LogP contribution in [-0.2, 0) is 11.2 Å². The predicted molar refractivity (Wildman–Crippen MR) is 55.4 cm³/mol. The van der Waals surface area contributed by atoms with Gasteiger partial charge in [0.2, 0.25) is 0 Å². The van der Waals surface area contributed by atoms with E-state index in [9.17, 15) is 13.3 Å². The van der Waals surface area contributed by atoms with E-state index >= 15 is 0 Å². The summed E-state index contributed by atoms with van der Waals surface area (Å²) < 4.78 is 38.2. The van der Waals surface area contributed by atoms with E-state index in [0.29, 0.717) is 17.7 Å². The monoisotopic (exact) mass is 230 g/mol. The first kappa shape index (κ1) is 10.9. The Hall–Kier alpha value is -0.610. The van der Waals surface area contributed by atoms with Gasteiger partial charge < -0.3 is 4.55 Å². The van der Waals surface area contributed by atoms with Crippen molar-refractivity contribution >= 4 is 11.2 Å². The van der Waals surface area contributed by atoms with Crippen LogP contribution in [0.5, 0.6) is 0 Å². The predicted octanol–water partition coefficient (Wildman–Crippen LogP) is 2.83. The molecule has 1 aromatic carbocycles. The fourth-order valence-electron chi connectivity index (χ4n) is 1.63. The summed E-state index contributed by atoms with van der Waals surface area (Å²) in [5.41, 5.74) is -1.28. The highest BCUT2D eigenvalue weighted by Crippen LogP contribution is 2.38. The summed E-state index contributed by atoms with van der Waals surface area (Å²) >= 11 is -1.43. The van der Waals surface area contributed by atoms with Crippen LogP contribution in [-0.4, -0.2) is 16.0 Å². The molecule has 0 heterocycles. The average Bonchev–Trinajstić information content (AvgIpc) is 2.15. The van der Waals surface area contributed by atoms with Gasteiger partial charge in [0, 0.05) is 6.07 Å². The van der Waals surface area contributed by atoms with Crippen LogP contribution in [0.3, 0.4) is 0 Å². The normalized spacial score (nSPS) is 20.7. The second kappa shape index (κ2) is 4.10. The molecule has 0 bridgehead atoms. The van der Waals surface area contributed by atoms with E-state index in [0.717, 1.165) is 6.42 Å². The van der Waals surface area contributed by atoms with Crippen LogP contribution < -0.4 is 0 Å². The van der Waals surface area contributed by atoms with Crippen LogP contribution in [0.15, 0.2) is 29.2 Å². The zero-order valence-electron chi connectivity index (χ0n) is 8.21. The van der Waals surface area contributed by atoms with E-state index in [1.54, 1.807) is 6.07 Å². The minimum absolute atomic E-state index is 0.00352. The molecular weight excluding hydrogens is 218 g/mol. The maximum absolute atomic E-state index is 13.7. The fraction of sp³-hybridized carbons (Fsp3) is 0.455. The van der Waals surface area contributed by atoms with Gasteiger partial charge in [0.15, 0.2) is 10.6 Å². The lowest BCUT2D eigenvalue weighted by Crippen LogP contribution is -2.39. The Morgan fingerprint density at radius 2 is 2.13 bits per heavy atom. The molecule has 1 aromatic rings. The first-order valence-electron chi connectivity index (χ1n) is 4.92. The molecule has 1 aliphatic carbocycles. The van der Waals surface area contributed by atoms with Crippen molar-refractivity contribution in [1.29, 1.82) is 0 Å². The second-order valence-electron chi connectivity index (χ2n) is 3.95. The third-order valence-electron chi connectivity index (χ3n) is 2.70. The van der Waals surface area contributed by atoms with Crippen molar-refractivity contribution in [2.75, 3.05) is 5.75 Å². The molecule has 0 saturated heterocycles. The summed E-state index contributed by atoms with van der Waals surface area (Å²) in [6.07, 6.45) is 1.82. The van der Waals surface area contributed by atoms with Crippen LogP contribution in [0.25, 0.3) is 0 Å². The summed E-state index contributed by atoms with van der Waals surface area (Å²) in [5, 5.41) is 0. The van der Waals surface area contributed by atoms with Gasteiger partial charge in [0.05, 0.1) is 0 Å². The summed E-state index contributed by atoms with van der Waals surface area (Å²) in [5.74, 6) is -0.432. The quantitative estimate of drug-likeness (QED) is 0.732. The highest BCUT2D eigenvalue weighted by molar-refractivity contribution is 7.91. The van der Waals surface area contributed by atoms with E-state index in [2.05, 4.69) is 0 Å². The highest BCUT2D eigenvalue weighted by Gasteiger charge is 2.41. The molecule has 1 atom stereocenters. The van der Waals surface area contributed by atoms with Gasteiger partial charge in [-0.15, -0.1) is 0 Å². The van der Waals surface area contributed by atoms with Gasteiger partial charge in [-0.25, -0.2) is 8.78 Å². The maximum Gasteiger partial charge on any atom is 0.155 e. The molecule has 0 aliphatic heterocycles. The van der Waals surface area contributed by atoms with E-state index < -0.39 is 22.7 Å². The molecule has 1 saturated carbocycles. The number of hydrogen-bond acceptors (Lipinski definition) is 1. The summed E-state index contributed by atoms with van der Waals surface area (Å²) in [7, 11) is 0. The van der Waals surface area contributed by atoms with Crippen molar-refractivity contribution in [3.8, 4) is 0 Å². The van der Waals surface area contributed by atoms with Crippen LogP contribution in [0.2, 0.25) is 0 Å². The van der Waals surface area contributed by atoms with Gasteiger partial charge in [-0.1, -0.05) is 6.07 Å². The summed E-state index contributed by atoms with van der Waals surface area (Å²) in [4.78, 5) is 0.374. The molecule has 15 heavy (non-hydrogen) atoms. The average molecular weight is 230 g/mol. The molecule has 82 valence electrons. The van der Waals surface area contributed by atoms with Gasteiger partial charge in [0.1, 0.15) is 11.6 Å². The van der Waals surface area contributed by atoms with Crippen molar-refractivity contribution in [2.24, 2.45) is 0 Å². The molecule has 0 radical (unpaired) electrons. The second-order valence-corrected chi connectivity index (χ2v) is 5.40. The van der Waals surface area contributed by atoms with E-state index in [-0.39, 0.29) is 5.75 Å². The fourth-order valence-corrected chi connectivity index (χ4v) is 3.03. The lowest BCUT2D eigenvalue weighted by molar-refractivity contribution is 0.0891. The Bertz CT molecular complexity index is 352. The summed E-state index contributed by atoms with van der Waals surface area (Å²) in [6.45, 7) is 0. The number of halogens is 2. The lowest BCUT2D eigenvalue weighted by atomic mass is 9.84. The van der Waals surface area contributed by atoms with Gasteiger partial charge in [-0.3, -0.25) is 0 Å². The molecule has 0 amide bonds. The van der Waals surface area contributed by atoms with Gasteiger partial charge in [-0.05, 0) is 42.6 Å². The molecular formula is C11H12F2OS. The van der Waals surface area contributed by atoms with Crippen molar-refractivity contribution in [3.63, 3.8) is 0 Å². The van der Waals surface area contributed by atoms with E-state index in [4.69, 9.17) is 0 Å². The Labute approximate surface area is 90.7 Å². The van der Waals surface area contributed by atoms with Gasteiger partial charge in [0.25, 0.3) is 0 Å². The number of rotatable bonds is 3. The van der Waals surface area contributed by atoms with E-state index in [1.807, 2.05) is 0 Å². The minimum Gasteiger partial charge on any atom is -0.611 e. The zero-order valence-corrected chi connectivity index (χ0v) is 9.03. The smallest absolute Gasteiger partial charge is 0.155 e. The molecule has 1 nitrogen and oxygen atoms in total. The van der Waals surface area contributed by atoms with Crippen LogP contribution in [0.4, 0.5) is 8.78 Å². The van der Waals surface area contributed by atoms with Crippen LogP contribution in [0, 0.1) is 5.82 Å². The summed E-state index contributed by atoms with van der Waals surface area (Å²) in [6, 6.07) is 5.56. The molecule has 1 aliphatic rings. The molecule has 2 rings (SSSR count). The van der Waals surface area contributed by atoms with E-state index in [1.165, 1.54) is 18.2 Å². The first-order chi connectivity index (χ1) is 7.09. The molecule has 4 heteroatoms. The maximum atomic E-state index is 13.7. The van der Waals surface area contributed by atoms with Crippen molar-refractivity contribution < 1.29 is 13.3 Å².